The first-order chi connectivity index (χ1) is 14.1. The van der Waals surface area contributed by atoms with Crippen molar-refractivity contribution >= 4 is 23.3 Å². The van der Waals surface area contributed by atoms with Crippen LogP contribution in [-0.2, 0) is 11.2 Å². The Morgan fingerprint density at radius 3 is 2.76 bits per heavy atom. The molecule has 0 aromatic heterocycles. The second kappa shape index (κ2) is 8.43. The first-order valence-electron chi connectivity index (χ1n) is 9.95. The zero-order chi connectivity index (χ0) is 20.2. The van der Waals surface area contributed by atoms with Crippen LogP contribution >= 0.6 is 0 Å². The lowest BCUT2D eigenvalue weighted by molar-refractivity contribution is -0.118. The molecule has 2 aromatic carbocycles. The molecule has 0 saturated heterocycles. The van der Waals surface area contributed by atoms with Gasteiger partial charge in [-0.15, -0.1) is 0 Å². The molecular weight excluding hydrogens is 370 g/mol. The minimum atomic E-state index is -0.567. The molecule has 29 heavy (non-hydrogen) atoms. The molecule has 0 unspecified atom stereocenters. The highest BCUT2D eigenvalue weighted by Crippen LogP contribution is 2.32. The predicted octanol–water partition coefficient (Wildman–Crippen LogP) is 3.34. The van der Waals surface area contributed by atoms with Crippen LogP contribution < -0.4 is 25.0 Å². The average Bonchev–Trinajstić information content (AvgIpc) is 2.95. The number of aryl methyl sites for hydroxylation is 1. The molecule has 2 heterocycles. The third-order valence-electron chi connectivity index (χ3n) is 5.24. The van der Waals surface area contributed by atoms with Crippen LogP contribution in [0.3, 0.4) is 0 Å². The van der Waals surface area contributed by atoms with Crippen molar-refractivity contribution in [1.82, 2.24) is 5.32 Å². The van der Waals surface area contributed by atoms with Gasteiger partial charge in [0.2, 0.25) is 5.91 Å². The van der Waals surface area contributed by atoms with Crippen molar-refractivity contribution in [2.24, 2.45) is 0 Å². The van der Waals surface area contributed by atoms with E-state index in [1.165, 1.54) is 5.56 Å². The van der Waals surface area contributed by atoms with E-state index in [-0.39, 0.29) is 18.5 Å². The number of carbonyl (C=O) groups excluding carboxylic acids is 2. The SMILES string of the molecule is C[C@@H]1CCc2ccccc2N1CC(=O)NC(=O)Nc1ccc2c(c1)OCCCO2. The number of hydrogen-bond acceptors (Lipinski definition) is 5. The first-order valence-corrected chi connectivity index (χ1v) is 9.95. The van der Waals surface area contributed by atoms with E-state index in [1.54, 1.807) is 18.2 Å². The number of benzene rings is 2. The van der Waals surface area contributed by atoms with Gasteiger partial charge in [0.15, 0.2) is 11.5 Å². The summed E-state index contributed by atoms with van der Waals surface area (Å²) in [7, 11) is 0. The van der Waals surface area contributed by atoms with Gasteiger partial charge >= 0.3 is 6.03 Å². The summed E-state index contributed by atoms with van der Waals surface area (Å²) < 4.78 is 11.2. The molecule has 0 aliphatic carbocycles. The Kier molecular flexibility index (Phi) is 5.55. The summed E-state index contributed by atoms with van der Waals surface area (Å²) in [5, 5.41) is 5.10. The smallest absolute Gasteiger partial charge is 0.325 e. The summed E-state index contributed by atoms with van der Waals surface area (Å²) in [5.74, 6) is 0.896. The fraction of sp³-hybridized carbons (Fsp3) is 0.364. The molecule has 0 bridgehead atoms. The van der Waals surface area contributed by atoms with Gasteiger partial charge in [-0.05, 0) is 43.5 Å². The quantitative estimate of drug-likeness (QED) is 0.833. The van der Waals surface area contributed by atoms with Crippen molar-refractivity contribution in [3.8, 4) is 11.5 Å². The van der Waals surface area contributed by atoms with Gasteiger partial charge in [0, 0.05) is 29.9 Å². The van der Waals surface area contributed by atoms with E-state index >= 15 is 0 Å². The molecule has 0 radical (unpaired) electrons. The maximum Gasteiger partial charge on any atom is 0.325 e. The number of ether oxygens (including phenoxy) is 2. The standard InChI is InChI=1S/C22H25N3O4/c1-15-7-8-16-5-2-3-6-18(16)25(15)14-21(26)24-22(27)23-17-9-10-19-20(13-17)29-12-4-11-28-19/h2-3,5-6,9-10,13,15H,4,7-8,11-12,14H2,1H3,(H2,23,24,26,27)/t15-/m1/s1. The molecule has 0 saturated carbocycles. The Hall–Kier alpha value is -3.22. The van der Waals surface area contributed by atoms with Gasteiger partial charge in [-0.1, -0.05) is 18.2 Å². The summed E-state index contributed by atoms with van der Waals surface area (Å²) in [6, 6.07) is 12.9. The van der Waals surface area contributed by atoms with Crippen LogP contribution in [0, 0.1) is 0 Å². The molecule has 2 aliphatic heterocycles. The molecule has 0 spiro atoms. The summed E-state index contributed by atoms with van der Waals surface area (Å²) >= 11 is 0. The molecule has 2 N–H and O–H groups in total. The van der Waals surface area contributed by atoms with Gasteiger partial charge in [0.1, 0.15) is 0 Å². The second-order valence-electron chi connectivity index (χ2n) is 7.36. The summed E-state index contributed by atoms with van der Waals surface area (Å²) in [5.41, 5.74) is 2.83. The normalized spacial score (nSPS) is 17.7. The maximum atomic E-state index is 12.5. The first kappa shape index (κ1) is 19.1. The Labute approximate surface area is 170 Å². The predicted molar refractivity (Wildman–Crippen MR) is 111 cm³/mol. The van der Waals surface area contributed by atoms with Crippen molar-refractivity contribution in [3.63, 3.8) is 0 Å². The number of rotatable bonds is 3. The van der Waals surface area contributed by atoms with E-state index in [9.17, 15) is 9.59 Å². The molecule has 0 fully saturated rings. The van der Waals surface area contributed by atoms with Gasteiger partial charge in [-0.2, -0.15) is 0 Å². The number of nitrogens with zero attached hydrogens (tertiary/aromatic N) is 1. The molecule has 7 heteroatoms. The molecule has 152 valence electrons. The van der Waals surface area contributed by atoms with Crippen LogP contribution in [0.15, 0.2) is 42.5 Å². The number of anilines is 2. The zero-order valence-electron chi connectivity index (χ0n) is 16.4. The van der Waals surface area contributed by atoms with Crippen molar-refractivity contribution in [3.05, 3.63) is 48.0 Å². The fourth-order valence-electron chi connectivity index (χ4n) is 3.73. The highest BCUT2D eigenvalue weighted by Gasteiger charge is 2.25. The van der Waals surface area contributed by atoms with Crippen LogP contribution in [0.25, 0.3) is 0 Å². The van der Waals surface area contributed by atoms with Crippen molar-refractivity contribution in [2.75, 3.05) is 30.0 Å². The zero-order valence-corrected chi connectivity index (χ0v) is 16.4. The number of amides is 3. The number of carbonyl (C=O) groups is 2. The second-order valence-corrected chi connectivity index (χ2v) is 7.36. The van der Waals surface area contributed by atoms with E-state index in [0.29, 0.717) is 30.4 Å². The van der Waals surface area contributed by atoms with Crippen molar-refractivity contribution in [1.29, 1.82) is 0 Å². The van der Waals surface area contributed by atoms with E-state index in [0.717, 1.165) is 24.9 Å². The summed E-state index contributed by atoms with van der Waals surface area (Å²) in [6.45, 7) is 3.40. The highest BCUT2D eigenvalue weighted by atomic mass is 16.5. The van der Waals surface area contributed by atoms with Gasteiger partial charge < -0.3 is 19.7 Å². The van der Waals surface area contributed by atoms with Crippen LogP contribution in [0.5, 0.6) is 11.5 Å². The largest absolute Gasteiger partial charge is 0.490 e. The third-order valence-corrected chi connectivity index (χ3v) is 5.24. The number of nitrogens with one attached hydrogen (secondary N) is 2. The Balaban J connectivity index is 1.37. The number of hydrogen-bond donors (Lipinski definition) is 2. The number of urea groups is 1. The third kappa shape index (κ3) is 4.45. The average molecular weight is 395 g/mol. The van der Waals surface area contributed by atoms with Crippen LogP contribution in [0.1, 0.15) is 25.3 Å². The van der Waals surface area contributed by atoms with Crippen LogP contribution in [-0.4, -0.2) is 37.7 Å². The molecule has 1 atom stereocenters. The topological polar surface area (TPSA) is 79.9 Å². The van der Waals surface area contributed by atoms with Crippen molar-refractivity contribution < 1.29 is 19.1 Å². The summed E-state index contributed by atoms with van der Waals surface area (Å²) in [4.78, 5) is 26.8. The van der Waals surface area contributed by atoms with Crippen LogP contribution in [0.4, 0.5) is 16.2 Å². The maximum absolute atomic E-state index is 12.5. The molecule has 7 nitrogen and oxygen atoms in total. The minimum Gasteiger partial charge on any atom is -0.490 e. The van der Waals surface area contributed by atoms with E-state index < -0.39 is 6.03 Å². The molecule has 4 rings (SSSR count). The highest BCUT2D eigenvalue weighted by molar-refractivity contribution is 6.02. The van der Waals surface area contributed by atoms with Gasteiger partial charge in [0.05, 0.1) is 19.8 Å². The lowest BCUT2D eigenvalue weighted by atomic mass is 9.97. The lowest BCUT2D eigenvalue weighted by Crippen LogP contribution is -2.46. The minimum absolute atomic E-state index is 0.132. The number of imide groups is 1. The van der Waals surface area contributed by atoms with E-state index in [4.69, 9.17) is 9.47 Å². The Morgan fingerprint density at radius 1 is 1.10 bits per heavy atom. The summed E-state index contributed by atoms with van der Waals surface area (Å²) in [6.07, 6.45) is 2.79. The van der Waals surface area contributed by atoms with E-state index in [1.807, 2.05) is 18.2 Å². The van der Waals surface area contributed by atoms with Gasteiger partial charge in [0.25, 0.3) is 0 Å². The molecular formula is C22H25N3O4. The Morgan fingerprint density at radius 2 is 1.90 bits per heavy atom. The molecule has 3 amide bonds. The Bertz CT molecular complexity index is 915. The lowest BCUT2D eigenvalue weighted by Gasteiger charge is -2.36. The molecule has 2 aliphatic rings. The molecule has 2 aromatic rings. The van der Waals surface area contributed by atoms with E-state index in [2.05, 4.69) is 28.5 Å². The van der Waals surface area contributed by atoms with Gasteiger partial charge in [-0.25, -0.2) is 4.79 Å². The fourth-order valence-corrected chi connectivity index (χ4v) is 3.73. The number of fused-ring (bicyclic) bond motifs is 2. The van der Waals surface area contributed by atoms with Crippen LogP contribution in [0.2, 0.25) is 0 Å². The van der Waals surface area contributed by atoms with Crippen molar-refractivity contribution in [2.45, 2.75) is 32.2 Å². The monoisotopic (exact) mass is 395 g/mol. The van der Waals surface area contributed by atoms with Gasteiger partial charge in [-0.3, -0.25) is 10.1 Å². The number of para-hydroxylation sites is 1.